The van der Waals surface area contributed by atoms with Gasteiger partial charge in [0.2, 0.25) is 0 Å². The quantitative estimate of drug-likeness (QED) is 0.529. The van der Waals surface area contributed by atoms with Gasteiger partial charge in [0.1, 0.15) is 11.3 Å². The minimum Gasteiger partial charge on any atom is -0.382 e. The van der Waals surface area contributed by atoms with Gasteiger partial charge in [-0.3, -0.25) is 4.79 Å². The van der Waals surface area contributed by atoms with Gasteiger partial charge in [0.25, 0.3) is 5.91 Å². The van der Waals surface area contributed by atoms with Crippen molar-refractivity contribution in [1.29, 1.82) is 0 Å². The second kappa shape index (κ2) is 7.36. The number of para-hydroxylation sites is 1. The topological polar surface area (TPSA) is 109 Å². The van der Waals surface area contributed by atoms with Crippen molar-refractivity contribution >= 4 is 22.8 Å². The predicted octanol–water partition coefficient (Wildman–Crippen LogP) is 2.17. The smallest absolute Gasteiger partial charge is 0.253 e. The monoisotopic (exact) mass is 364 g/mol. The Labute approximate surface area is 157 Å². The van der Waals surface area contributed by atoms with E-state index in [-0.39, 0.29) is 5.91 Å². The van der Waals surface area contributed by atoms with Crippen LogP contribution >= 0.6 is 0 Å². The van der Waals surface area contributed by atoms with Crippen molar-refractivity contribution in [3.63, 3.8) is 0 Å². The second-order valence-corrected chi connectivity index (χ2v) is 6.91. The molecule has 4 heterocycles. The number of hydrogen-bond donors (Lipinski definition) is 4. The van der Waals surface area contributed by atoms with E-state index >= 15 is 0 Å². The molecule has 140 valence electrons. The summed E-state index contributed by atoms with van der Waals surface area (Å²) in [5.74, 6) is 0.388. The van der Waals surface area contributed by atoms with Crippen molar-refractivity contribution < 1.29 is 4.79 Å². The molecular formula is C20H24N6O. The molecule has 27 heavy (non-hydrogen) atoms. The molecule has 0 atom stereocenters. The number of aromatic amines is 1. The molecule has 0 spiro atoms. The van der Waals surface area contributed by atoms with Gasteiger partial charge in [-0.25, -0.2) is 9.97 Å². The van der Waals surface area contributed by atoms with Crippen molar-refractivity contribution in [3.05, 3.63) is 41.2 Å². The van der Waals surface area contributed by atoms with Gasteiger partial charge in [0.15, 0.2) is 0 Å². The Bertz CT molecular complexity index is 982. The first kappa shape index (κ1) is 17.5. The third-order valence-corrected chi connectivity index (χ3v) is 4.96. The Balaban J connectivity index is 0.000000314. The van der Waals surface area contributed by atoms with E-state index in [2.05, 4.69) is 25.6 Å². The third-order valence-electron chi connectivity index (χ3n) is 4.96. The first-order chi connectivity index (χ1) is 13.1. The molecule has 0 saturated carbocycles. The summed E-state index contributed by atoms with van der Waals surface area (Å²) in [6.45, 7) is 5.00. The number of benzene rings is 1. The molecule has 2 aliphatic rings. The molecule has 0 aliphatic carbocycles. The maximum atomic E-state index is 11.9. The van der Waals surface area contributed by atoms with Crippen LogP contribution in [-0.2, 0) is 6.42 Å². The number of hydrogen-bond acceptors (Lipinski definition) is 5. The molecule has 0 unspecified atom stereocenters. The average molecular weight is 364 g/mol. The van der Waals surface area contributed by atoms with Crippen LogP contribution in [0.2, 0.25) is 0 Å². The van der Waals surface area contributed by atoms with Crippen LogP contribution in [0.15, 0.2) is 24.3 Å². The van der Waals surface area contributed by atoms with Gasteiger partial charge >= 0.3 is 0 Å². The average Bonchev–Trinajstić information content (AvgIpc) is 3.36. The van der Waals surface area contributed by atoms with Crippen LogP contribution in [0.1, 0.15) is 34.6 Å². The summed E-state index contributed by atoms with van der Waals surface area (Å²) in [6.07, 6.45) is 3.58. The van der Waals surface area contributed by atoms with Crippen LogP contribution in [0.5, 0.6) is 0 Å². The van der Waals surface area contributed by atoms with E-state index in [0.717, 1.165) is 40.1 Å². The zero-order chi connectivity index (χ0) is 18.8. The number of carbonyl (C=O) groups is 1. The first-order valence-corrected chi connectivity index (χ1v) is 9.37. The van der Waals surface area contributed by atoms with E-state index in [1.165, 1.54) is 25.9 Å². The van der Waals surface area contributed by atoms with E-state index < -0.39 is 0 Å². The zero-order valence-corrected chi connectivity index (χ0v) is 15.4. The Hall–Kier alpha value is -2.93. The first-order valence-electron chi connectivity index (χ1n) is 9.37. The van der Waals surface area contributed by atoms with Crippen LogP contribution in [0.25, 0.3) is 22.3 Å². The Morgan fingerprint density at radius 3 is 2.59 bits per heavy atom. The SMILES string of the molecule is C1CCNC1.Cc1nc2cccc(-c3cc4c([nH]3)CCNC4=O)c2nc1N. The number of anilines is 1. The number of carbonyl (C=O) groups excluding carboxylic acids is 1. The Morgan fingerprint density at radius 2 is 1.89 bits per heavy atom. The van der Waals surface area contributed by atoms with Crippen molar-refractivity contribution in [2.45, 2.75) is 26.2 Å². The number of aryl methyl sites for hydroxylation is 1. The Kier molecular flexibility index (Phi) is 4.77. The van der Waals surface area contributed by atoms with Crippen molar-refractivity contribution in [1.82, 2.24) is 25.6 Å². The largest absolute Gasteiger partial charge is 0.382 e. The summed E-state index contributed by atoms with van der Waals surface area (Å²) >= 11 is 0. The standard InChI is InChI=1S/C16H15N5O.C4H9N/c1-8-15(17)21-14-9(3-2-4-12(14)19-8)13-7-10-11(20-13)5-6-18-16(10)22;1-2-4-5-3-1/h2-4,7,20H,5-6H2,1H3,(H2,17,21)(H,18,22);5H,1-4H2. The van der Waals surface area contributed by atoms with Gasteiger partial charge in [0, 0.05) is 29.9 Å². The number of aromatic nitrogens is 3. The molecule has 1 amide bonds. The van der Waals surface area contributed by atoms with Crippen molar-refractivity contribution in [3.8, 4) is 11.3 Å². The summed E-state index contributed by atoms with van der Waals surface area (Å²) in [5, 5.41) is 6.07. The van der Waals surface area contributed by atoms with Gasteiger partial charge in [-0.1, -0.05) is 12.1 Å². The maximum absolute atomic E-state index is 11.9. The Morgan fingerprint density at radius 1 is 1.07 bits per heavy atom. The van der Waals surface area contributed by atoms with E-state index in [9.17, 15) is 4.79 Å². The number of H-pyrrole nitrogens is 1. The van der Waals surface area contributed by atoms with Gasteiger partial charge in [-0.2, -0.15) is 0 Å². The normalized spacial score (nSPS) is 15.8. The maximum Gasteiger partial charge on any atom is 0.253 e. The highest BCUT2D eigenvalue weighted by molar-refractivity contribution is 5.99. The zero-order valence-electron chi connectivity index (χ0n) is 15.4. The van der Waals surface area contributed by atoms with Crippen LogP contribution in [-0.4, -0.2) is 40.5 Å². The molecule has 2 aromatic heterocycles. The minimum atomic E-state index is -0.0366. The summed E-state index contributed by atoms with van der Waals surface area (Å²) in [6, 6.07) is 7.67. The minimum absolute atomic E-state index is 0.0366. The third kappa shape index (κ3) is 3.50. The van der Waals surface area contributed by atoms with Gasteiger partial charge in [0.05, 0.1) is 16.8 Å². The molecule has 1 fully saturated rings. The van der Waals surface area contributed by atoms with Gasteiger partial charge < -0.3 is 21.4 Å². The molecule has 1 aromatic carbocycles. The van der Waals surface area contributed by atoms with Crippen LogP contribution in [0.3, 0.4) is 0 Å². The molecule has 0 bridgehead atoms. The summed E-state index contributed by atoms with van der Waals surface area (Å²) in [4.78, 5) is 24.2. The summed E-state index contributed by atoms with van der Waals surface area (Å²) in [5.41, 5.74) is 11.6. The molecule has 2 aliphatic heterocycles. The number of nitrogens with zero attached hydrogens (tertiary/aromatic N) is 2. The van der Waals surface area contributed by atoms with Crippen molar-refractivity contribution in [2.24, 2.45) is 0 Å². The van der Waals surface area contributed by atoms with E-state index in [0.29, 0.717) is 17.9 Å². The molecule has 5 rings (SSSR count). The fourth-order valence-electron chi connectivity index (χ4n) is 3.46. The number of nitrogen functional groups attached to an aromatic ring is 1. The number of nitrogens with two attached hydrogens (primary N) is 1. The molecule has 5 N–H and O–H groups in total. The molecule has 1 saturated heterocycles. The fraction of sp³-hybridized carbons (Fsp3) is 0.350. The number of amides is 1. The molecule has 3 aromatic rings. The molecule has 7 heteroatoms. The summed E-state index contributed by atoms with van der Waals surface area (Å²) < 4.78 is 0. The van der Waals surface area contributed by atoms with E-state index in [1.54, 1.807) is 0 Å². The second-order valence-electron chi connectivity index (χ2n) is 6.91. The van der Waals surface area contributed by atoms with Crippen LogP contribution in [0.4, 0.5) is 5.82 Å². The van der Waals surface area contributed by atoms with Crippen molar-refractivity contribution in [2.75, 3.05) is 25.4 Å². The van der Waals surface area contributed by atoms with Crippen LogP contribution < -0.4 is 16.4 Å². The molecule has 7 nitrogen and oxygen atoms in total. The highest BCUT2D eigenvalue weighted by atomic mass is 16.1. The van der Waals surface area contributed by atoms with E-state index in [1.807, 2.05) is 31.2 Å². The number of rotatable bonds is 1. The highest BCUT2D eigenvalue weighted by Crippen LogP contribution is 2.29. The lowest BCUT2D eigenvalue weighted by Crippen LogP contribution is -2.31. The van der Waals surface area contributed by atoms with Gasteiger partial charge in [-0.15, -0.1) is 0 Å². The number of nitrogens with one attached hydrogen (secondary N) is 3. The molecule has 0 radical (unpaired) electrons. The predicted molar refractivity (Wildman–Crippen MR) is 107 cm³/mol. The highest BCUT2D eigenvalue weighted by Gasteiger charge is 2.21. The summed E-state index contributed by atoms with van der Waals surface area (Å²) in [7, 11) is 0. The van der Waals surface area contributed by atoms with E-state index in [4.69, 9.17) is 5.73 Å². The lowest BCUT2D eigenvalue weighted by atomic mass is 10.1. The van der Waals surface area contributed by atoms with Crippen LogP contribution in [0, 0.1) is 6.92 Å². The number of fused-ring (bicyclic) bond motifs is 2. The fourth-order valence-corrected chi connectivity index (χ4v) is 3.46. The lowest BCUT2D eigenvalue weighted by Gasteiger charge is -2.11. The molecular weight excluding hydrogens is 340 g/mol. The lowest BCUT2D eigenvalue weighted by molar-refractivity contribution is 0.0946. The van der Waals surface area contributed by atoms with Gasteiger partial charge in [-0.05, 0) is 45.0 Å².